The minimum Gasteiger partial charge on any atom is -0.369 e. The van der Waals surface area contributed by atoms with Crippen LogP contribution in [-0.2, 0) is 24.4 Å². The van der Waals surface area contributed by atoms with Gasteiger partial charge in [0.25, 0.3) is 5.91 Å². The van der Waals surface area contributed by atoms with Crippen molar-refractivity contribution >= 4 is 11.8 Å². The van der Waals surface area contributed by atoms with Crippen molar-refractivity contribution in [3.05, 3.63) is 53.3 Å². The number of amides is 2. The molecule has 3 N–H and O–H groups in total. The van der Waals surface area contributed by atoms with Crippen LogP contribution in [0.3, 0.4) is 0 Å². The van der Waals surface area contributed by atoms with Crippen LogP contribution in [0.5, 0.6) is 0 Å². The Bertz CT molecular complexity index is 822. The van der Waals surface area contributed by atoms with Crippen LogP contribution >= 0.6 is 0 Å². The molecule has 0 bridgehead atoms. The van der Waals surface area contributed by atoms with Gasteiger partial charge in [0.1, 0.15) is 6.67 Å². The van der Waals surface area contributed by atoms with Gasteiger partial charge in [-0.05, 0) is 30.5 Å². The molecule has 28 heavy (non-hydrogen) atoms. The van der Waals surface area contributed by atoms with E-state index in [1.165, 1.54) is 17.1 Å². The van der Waals surface area contributed by atoms with Gasteiger partial charge in [0.15, 0.2) is 0 Å². The number of hydrogen-bond acceptors (Lipinski definition) is 4. The van der Waals surface area contributed by atoms with Crippen LogP contribution in [0, 0.1) is 5.92 Å². The highest BCUT2D eigenvalue weighted by Crippen LogP contribution is 2.18. The second-order valence-electron chi connectivity index (χ2n) is 7.16. The molecule has 8 heteroatoms. The van der Waals surface area contributed by atoms with Gasteiger partial charge in [-0.1, -0.05) is 24.3 Å². The Morgan fingerprint density at radius 3 is 2.93 bits per heavy atom. The van der Waals surface area contributed by atoms with E-state index >= 15 is 0 Å². The number of hydrogen-bond donors (Lipinski definition) is 2. The number of carbonyl (C=O) groups excluding carboxylic acids is 2. The van der Waals surface area contributed by atoms with Gasteiger partial charge in [-0.3, -0.25) is 19.2 Å². The van der Waals surface area contributed by atoms with Crippen molar-refractivity contribution in [2.75, 3.05) is 19.8 Å². The number of nitrogens with one attached hydrogen (secondary N) is 1. The first-order chi connectivity index (χ1) is 13.5. The molecular formula is C20H26FN5O2. The Hall–Kier alpha value is -2.74. The number of nitrogens with zero attached hydrogens (tertiary/aromatic N) is 3. The molecule has 150 valence electrons. The number of benzene rings is 1. The van der Waals surface area contributed by atoms with Gasteiger partial charge in [-0.15, -0.1) is 0 Å². The van der Waals surface area contributed by atoms with E-state index in [2.05, 4.69) is 21.4 Å². The summed E-state index contributed by atoms with van der Waals surface area (Å²) in [6.07, 6.45) is 4.81. The molecule has 1 aliphatic heterocycles. The van der Waals surface area contributed by atoms with Crippen LogP contribution in [0.1, 0.15) is 34.3 Å². The minimum absolute atomic E-state index is 0.0745. The summed E-state index contributed by atoms with van der Waals surface area (Å²) in [5.41, 5.74) is 7.99. The number of halogens is 1. The first-order valence-electron chi connectivity index (χ1n) is 9.51. The van der Waals surface area contributed by atoms with Crippen LogP contribution in [0.4, 0.5) is 4.39 Å². The molecule has 1 saturated heterocycles. The van der Waals surface area contributed by atoms with Crippen LogP contribution in [0.15, 0.2) is 36.7 Å². The molecule has 1 unspecified atom stereocenters. The Morgan fingerprint density at radius 1 is 1.32 bits per heavy atom. The normalized spacial score (nSPS) is 17.4. The summed E-state index contributed by atoms with van der Waals surface area (Å²) >= 11 is 0. The number of alkyl halides is 1. The van der Waals surface area contributed by atoms with Gasteiger partial charge in [0, 0.05) is 25.8 Å². The highest BCUT2D eigenvalue weighted by atomic mass is 19.1. The van der Waals surface area contributed by atoms with Crippen molar-refractivity contribution in [2.24, 2.45) is 11.7 Å². The van der Waals surface area contributed by atoms with Crippen LogP contribution in [0.2, 0.25) is 0 Å². The summed E-state index contributed by atoms with van der Waals surface area (Å²) in [6, 6.07) is 8.02. The van der Waals surface area contributed by atoms with Crippen molar-refractivity contribution in [2.45, 2.75) is 32.5 Å². The van der Waals surface area contributed by atoms with Gasteiger partial charge < -0.3 is 11.1 Å². The summed E-state index contributed by atoms with van der Waals surface area (Å²) in [7, 11) is 0. The lowest BCUT2D eigenvalue weighted by atomic mass is 9.97. The second-order valence-corrected chi connectivity index (χ2v) is 7.16. The van der Waals surface area contributed by atoms with E-state index < -0.39 is 6.67 Å². The fourth-order valence-corrected chi connectivity index (χ4v) is 3.50. The lowest BCUT2D eigenvalue weighted by molar-refractivity contribution is -0.123. The molecule has 0 radical (unpaired) electrons. The van der Waals surface area contributed by atoms with E-state index in [0.29, 0.717) is 18.7 Å². The lowest BCUT2D eigenvalue weighted by Crippen LogP contribution is -2.40. The predicted molar refractivity (Wildman–Crippen MR) is 103 cm³/mol. The molecule has 1 aliphatic rings. The smallest absolute Gasteiger partial charge is 0.254 e. The summed E-state index contributed by atoms with van der Waals surface area (Å²) in [4.78, 5) is 25.9. The Labute approximate surface area is 163 Å². The van der Waals surface area contributed by atoms with E-state index in [9.17, 15) is 14.0 Å². The first kappa shape index (κ1) is 20.0. The molecule has 2 aromatic rings. The van der Waals surface area contributed by atoms with E-state index in [1.807, 2.05) is 18.2 Å². The van der Waals surface area contributed by atoms with Gasteiger partial charge in [0.05, 0.1) is 24.2 Å². The van der Waals surface area contributed by atoms with E-state index in [1.54, 1.807) is 0 Å². The molecule has 1 atom stereocenters. The molecule has 2 amide bonds. The maximum Gasteiger partial charge on any atom is 0.254 e. The molecule has 3 rings (SSSR count). The highest BCUT2D eigenvalue weighted by molar-refractivity contribution is 5.93. The maximum atomic E-state index is 12.3. The zero-order valence-corrected chi connectivity index (χ0v) is 15.8. The number of aromatic nitrogens is 2. The summed E-state index contributed by atoms with van der Waals surface area (Å²) in [5.74, 6) is -0.540. The number of nitrogens with two attached hydrogens (primary N) is 1. The third kappa shape index (κ3) is 5.39. The third-order valence-electron chi connectivity index (χ3n) is 4.97. The van der Waals surface area contributed by atoms with Crippen LogP contribution in [-0.4, -0.2) is 46.3 Å². The highest BCUT2D eigenvalue weighted by Gasteiger charge is 2.23. The molecule has 0 aliphatic carbocycles. The first-order valence-corrected chi connectivity index (χ1v) is 9.51. The molecule has 0 saturated carbocycles. The average molecular weight is 387 g/mol. The Kier molecular flexibility index (Phi) is 6.76. The fraction of sp³-hybridized carbons (Fsp3) is 0.450. The van der Waals surface area contributed by atoms with Crippen molar-refractivity contribution < 1.29 is 14.0 Å². The number of likely N-dealkylation sites (tertiary alicyclic amines) is 1. The fourth-order valence-electron chi connectivity index (χ4n) is 3.50. The molecule has 0 spiro atoms. The molecule has 2 heterocycles. The van der Waals surface area contributed by atoms with Crippen molar-refractivity contribution in [1.82, 2.24) is 20.0 Å². The van der Waals surface area contributed by atoms with Crippen LogP contribution in [0.25, 0.3) is 0 Å². The van der Waals surface area contributed by atoms with Crippen molar-refractivity contribution in [1.29, 1.82) is 0 Å². The topological polar surface area (TPSA) is 93.2 Å². The monoisotopic (exact) mass is 387 g/mol. The summed E-state index contributed by atoms with van der Waals surface area (Å²) in [6.45, 7) is 2.41. The number of rotatable bonds is 8. The standard InChI is InChI=1S/C20H26FN5O2/c21-6-8-26-14-18(11-24-26)20(28)23-10-15-3-1-4-16(9-15)12-25-7-2-5-17(13-25)19(22)27/h1,3-4,9,11,14,17H,2,5-8,10,12-13H2,(H2,22,27)(H,23,28). The second kappa shape index (κ2) is 9.45. The maximum absolute atomic E-state index is 12.3. The van der Waals surface area contributed by atoms with Gasteiger partial charge >= 0.3 is 0 Å². The number of carbonyl (C=O) groups is 2. The minimum atomic E-state index is -0.521. The molecule has 1 fully saturated rings. The van der Waals surface area contributed by atoms with Crippen molar-refractivity contribution in [3.8, 4) is 0 Å². The Morgan fingerprint density at radius 2 is 2.14 bits per heavy atom. The predicted octanol–water partition coefficient (Wildman–Crippen LogP) is 1.48. The third-order valence-corrected chi connectivity index (χ3v) is 4.97. The summed E-state index contributed by atoms with van der Waals surface area (Å²) < 4.78 is 13.7. The van der Waals surface area contributed by atoms with E-state index in [-0.39, 0.29) is 24.3 Å². The number of primary amides is 1. The van der Waals surface area contributed by atoms with Gasteiger partial charge in [-0.2, -0.15) is 5.10 Å². The zero-order valence-electron chi connectivity index (χ0n) is 15.8. The molecule has 7 nitrogen and oxygen atoms in total. The zero-order chi connectivity index (χ0) is 19.9. The van der Waals surface area contributed by atoms with E-state index in [0.717, 1.165) is 37.1 Å². The quantitative estimate of drug-likeness (QED) is 0.718. The van der Waals surface area contributed by atoms with Crippen molar-refractivity contribution in [3.63, 3.8) is 0 Å². The molecular weight excluding hydrogens is 361 g/mol. The average Bonchev–Trinajstić information content (AvgIpc) is 3.16. The van der Waals surface area contributed by atoms with E-state index in [4.69, 9.17) is 5.73 Å². The SMILES string of the molecule is NC(=O)C1CCCN(Cc2cccc(CNC(=O)c3cnn(CCF)c3)c2)C1. The lowest BCUT2D eigenvalue weighted by Gasteiger charge is -2.31. The molecule has 1 aromatic carbocycles. The van der Waals surface area contributed by atoms with Gasteiger partial charge in [-0.25, -0.2) is 4.39 Å². The number of aryl methyl sites for hydroxylation is 1. The van der Waals surface area contributed by atoms with Crippen LogP contribution < -0.4 is 11.1 Å². The molecule has 1 aromatic heterocycles. The summed E-state index contributed by atoms with van der Waals surface area (Å²) in [5, 5.41) is 6.82. The Balaban J connectivity index is 1.54. The number of piperidine rings is 1. The largest absolute Gasteiger partial charge is 0.369 e. The van der Waals surface area contributed by atoms with Gasteiger partial charge in [0.2, 0.25) is 5.91 Å².